The average Bonchev–Trinajstić information content (AvgIpc) is 3.11. The second-order valence-electron chi connectivity index (χ2n) is 6.66. The lowest BCUT2D eigenvalue weighted by Gasteiger charge is -2.10. The van der Waals surface area contributed by atoms with Crippen molar-refractivity contribution in [3.05, 3.63) is 58.2 Å². The van der Waals surface area contributed by atoms with E-state index >= 15 is 0 Å². The fraction of sp³-hybridized carbons (Fsp3) is 0.250. The van der Waals surface area contributed by atoms with Crippen molar-refractivity contribution >= 4 is 34.5 Å². The number of hydrogen-bond acceptors (Lipinski definition) is 9. The summed E-state index contributed by atoms with van der Waals surface area (Å²) in [4.78, 5) is 17.4. The number of aliphatic imine (C=N–C) groups is 1. The van der Waals surface area contributed by atoms with E-state index < -0.39 is 5.97 Å². The highest BCUT2D eigenvalue weighted by molar-refractivity contribution is 8.18. The number of phenolic OH excluding ortho intramolecular Hbond substituents is 1. The zero-order chi connectivity index (χ0) is 24.0. The maximum atomic E-state index is 12.6. The van der Waals surface area contributed by atoms with Crippen LogP contribution in [-0.4, -0.2) is 48.7 Å². The maximum Gasteiger partial charge on any atom is 0.344 e. The molecule has 0 radical (unpaired) electrons. The summed E-state index contributed by atoms with van der Waals surface area (Å²) < 4.78 is 21.1. The molecule has 0 spiro atoms. The summed E-state index contributed by atoms with van der Waals surface area (Å²) in [5, 5.41) is 21.6. The molecule has 2 aromatic carbocycles. The van der Waals surface area contributed by atoms with Gasteiger partial charge in [0.15, 0.2) is 0 Å². The van der Waals surface area contributed by atoms with Crippen LogP contribution >= 0.6 is 11.8 Å². The molecule has 9 heteroatoms. The van der Waals surface area contributed by atoms with Crippen LogP contribution in [-0.2, 0) is 9.53 Å². The van der Waals surface area contributed by atoms with Gasteiger partial charge in [0.05, 0.1) is 43.6 Å². The van der Waals surface area contributed by atoms with Crippen LogP contribution in [0.25, 0.3) is 6.08 Å². The normalized spacial score (nSPS) is 15.8. The van der Waals surface area contributed by atoms with Crippen LogP contribution in [0.3, 0.4) is 0 Å². The van der Waals surface area contributed by atoms with E-state index in [2.05, 4.69) is 4.99 Å². The molecule has 8 nitrogen and oxygen atoms in total. The van der Waals surface area contributed by atoms with Crippen LogP contribution < -0.4 is 14.2 Å². The molecule has 0 aliphatic carbocycles. The number of ether oxygens (including phenoxy) is 4. The Morgan fingerprint density at radius 2 is 1.76 bits per heavy atom. The highest BCUT2D eigenvalue weighted by atomic mass is 32.2. The van der Waals surface area contributed by atoms with Crippen molar-refractivity contribution in [2.45, 2.75) is 13.8 Å². The minimum Gasteiger partial charge on any atom is -0.507 e. The number of aromatic hydroxyl groups is 1. The Morgan fingerprint density at radius 1 is 1.03 bits per heavy atom. The van der Waals surface area contributed by atoms with Crippen molar-refractivity contribution < 1.29 is 34.0 Å². The third-order valence-corrected chi connectivity index (χ3v) is 5.59. The minimum absolute atomic E-state index is 0.0473. The van der Waals surface area contributed by atoms with Gasteiger partial charge in [-0.25, -0.2) is 9.79 Å². The van der Waals surface area contributed by atoms with Gasteiger partial charge in [-0.3, -0.25) is 0 Å². The molecule has 3 rings (SSSR count). The first kappa shape index (κ1) is 24.1. The summed E-state index contributed by atoms with van der Waals surface area (Å²) in [6.45, 7) is 4.26. The highest BCUT2D eigenvalue weighted by Gasteiger charge is 2.33. The molecular weight excluding hydrogens is 446 g/mol. The van der Waals surface area contributed by atoms with Gasteiger partial charge in [0.2, 0.25) is 0 Å². The Morgan fingerprint density at radius 3 is 2.36 bits per heavy atom. The summed E-state index contributed by atoms with van der Waals surface area (Å²) in [5.74, 6) is 0.355. The fourth-order valence-electron chi connectivity index (χ4n) is 3.04. The standard InChI is InChI=1S/C24H25NO7S/c1-5-31-15-9-7-14(8-10-15)25-23-21(24(28)32-6-2)22(27)20(33-23)13-17-18(26)11-16(29-3)12-19(17)30-4/h7-13,26-27H,5-6H2,1-4H3/b20-13+,25-23?. The second kappa shape index (κ2) is 10.8. The summed E-state index contributed by atoms with van der Waals surface area (Å²) in [6, 6.07) is 10.1. The number of carbonyl (C=O) groups excluding carboxylic acids is 1. The molecule has 0 bridgehead atoms. The third kappa shape index (κ3) is 5.43. The number of hydrogen-bond donors (Lipinski definition) is 2. The van der Waals surface area contributed by atoms with Gasteiger partial charge in [0, 0.05) is 12.1 Å². The Hall–Kier alpha value is -3.59. The molecule has 1 heterocycles. The number of carbonyl (C=O) groups is 1. The van der Waals surface area contributed by atoms with Crippen LogP contribution in [0.5, 0.6) is 23.0 Å². The maximum absolute atomic E-state index is 12.6. The van der Waals surface area contributed by atoms with Crippen molar-refractivity contribution in [3.8, 4) is 23.0 Å². The van der Waals surface area contributed by atoms with Crippen LogP contribution in [0, 0.1) is 0 Å². The number of esters is 1. The molecule has 1 aliphatic rings. The first-order chi connectivity index (χ1) is 15.9. The number of thioether (sulfide) groups is 1. The van der Waals surface area contributed by atoms with E-state index in [1.54, 1.807) is 37.3 Å². The van der Waals surface area contributed by atoms with Gasteiger partial charge in [-0.15, -0.1) is 0 Å². The molecule has 0 saturated carbocycles. The predicted molar refractivity (Wildman–Crippen MR) is 128 cm³/mol. The average molecular weight is 472 g/mol. The van der Waals surface area contributed by atoms with Gasteiger partial charge in [-0.05, 0) is 44.2 Å². The van der Waals surface area contributed by atoms with E-state index in [-0.39, 0.29) is 28.7 Å². The van der Waals surface area contributed by atoms with E-state index in [1.165, 1.54) is 26.4 Å². The van der Waals surface area contributed by atoms with Crippen LogP contribution in [0.15, 0.2) is 57.6 Å². The Balaban J connectivity index is 2.06. The Labute approximate surface area is 196 Å². The zero-order valence-corrected chi connectivity index (χ0v) is 19.6. The van der Waals surface area contributed by atoms with E-state index in [0.717, 1.165) is 11.8 Å². The van der Waals surface area contributed by atoms with E-state index in [0.29, 0.717) is 40.0 Å². The van der Waals surface area contributed by atoms with E-state index in [1.807, 2.05) is 6.92 Å². The molecule has 0 fully saturated rings. The number of rotatable bonds is 8. The Bertz CT molecular complexity index is 1120. The van der Waals surface area contributed by atoms with Crippen molar-refractivity contribution in [1.29, 1.82) is 0 Å². The van der Waals surface area contributed by atoms with Crippen LogP contribution in [0.2, 0.25) is 0 Å². The van der Waals surface area contributed by atoms with Crippen LogP contribution in [0.1, 0.15) is 19.4 Å². The molecular formula is C24H25NO7S. The number of phenols is 1. The topological polar surface area (TPSA) is 107 Å². The molecule has 0 amide bonds. The molecule has 2 aromatic rings. The molecule has 0 atom stereocenters. The number of methoxy groups -OCH3 is 2. The quantitative estimate of drug-likeness (QED) is 0.518. The number of aliphatic hydroxyl groups excluding tert-OH is 1. The lowest BCUT2D eigenvalue weighted by molar-refractivity contribution is -0.138. The predicted octanol–water partition coefficient (Wildman–Crippen LogP) is 5.00. The zero-order valence-electron chi connectivity index (χ0n) is 18.7. The summed E-state index contributed by atoms with van der Waals surface area (Å²) in [5.41, 5.74) is 0.841. The van der Waals surface area contributed by atoms with E-state index in [9.17, 15) is 15.0 Å². The first-order valence-corrected chi connectivity index (χ1v) is 11.0. The van der Waals surface area contributed by atoms with Gasteiger partial charge in [0.1, 0.15) is 39.4 Å². The monoisotopic (exact) mass is 471 g/mol. The number of benzene rings is 2. The molecule has 0 aromatic heterocycles. The smallest absolute Gasteiger partial charge is 0.344 e. The second-order valence-corrected chi connectivity index (χ2v) is 7.69. The first-order valence-electron chi connectivity index (χ1n) is 10.2. The van der Waals surface area contributed by atoms with Gasteiger partial charge in [-0.1, -0.05) is 11.8 Å². The summed E-state index contributed by atoms with van der Waals surface area (Å²) in [7, 11) is 2.93. The van der Waals surface area contributed by atoms with Crippen molar-refractivity contribution in [2.75, 3.05) is 27.4 Å². The molecule has 33 heavy (non-hydrogen) atoms. The molecule has 2 N–H and O–H groups in total. The highest BCUT2D eigenvalue weighted by Crippen LogP contribution is 2.43. The van der Waals surface area contributed by atoms with Crippen molar-refractivity contribution in [1.82, 2.24) is 0 Å². The number of nitrogens with zero attached hydrogens (tertiary/aromatic N) is 1. The van der Waals surface area contributed by atoms with Crippen LogP contribution in [0.4, 0.5) is 5.69 Å². The lowest BCUT2D eigenvalue weighted by Crippen LogP contribution is -2.12. The fourth-order valence-corrected chi connectivity index (χ4v) is 4.06. The van der Waals surface area contributed by atoms with Gasteiger partial charge in [-0.2, -0.15) is 0 Å². The van der Waals surface area contributed by atoms with Crippen molar-refractivity contribution in [2.24, 2.45) is 4.99 Å². The van der Waals surface area contributed by atoms with Crippen molar-refractivity contribution in [3.63, 3.8) is 0 Å². The molecule has 0 unspecified atom stereocenters. The largest absolute Gasteiger partial charge is 0.507 e. The minimum atomic E-state index is -0.693. The van der Waals surface area contributed by atoms with E-state index in [4.69, 9.17) is 18.9 Å². The molecule has 0 saturated heterocycles. The SMILES string of the molecule is CCOC(=O)C1=C(O)/C(=C\c2c(O)cc(OC)cc2OC)SC1=Nc1ccc(OCC)cc1. The van der Waals surface area contributed by atoms with Gasteiger partial charge in [0.25, 0.3) is 0 Å². The lowest BCUT2D eigenvalue weighted by atomic mass is 10.1. The molecule has 1 aliphatic heterocycles. The van der Waals surface area contributed by atoms with Gasteiger partial charge >= 0.3 is 5.97 Å². The Kier molecular flexibility index (Phi) is 7.89. The number of aliphatic hydroxyl groups is 1. The molecule has 174 valence electrons. The summed E-state index contributed by atoms with van der Waals surface area (Å²) >= 11 is 1.08. The summed E-state index contributed by atoms with van der Waals surface area (Å²) in [6.07, 6.45) is 1.52. The van der Waals surface area contributed by atoms with Gasteiger partial charge < -0.3 is 29.2 Å². The third-order valence-electron chi connectivity index (χ3n) is 4.57.